The zero-order chi connectivity index (χ0) is 10.7. The number of thioether (sulfide) groups is 1. The van der Waals surface area contributed by atoms with Crippen molar-refractivity contribution >= 4 is 11.8 Å². The van der Waals surface area contributed by atoms with E-state index in [1.165, 1.54) is 18.6 Å². The van der Waals surface area contributed by atoms with Gasteiger partial charge in [0.2, 0.25) is 0 Å². The van der Waals surface area contributed by atoms with Crippen LogP contribution in [0.1, 0.15) is 26.2 Å². The Morgan fingerprint density at radius 1 is 1.53 bits per heavy atom. The molecular weight excluding hydrogens is 212 g/mol. The van der Waals surface area contributed by atoms with Crippen molar-refractivity contribution in [2.24, 2.45) is 5.92 Å². The van der Waals surface area contributed by atoms with Gasteiger partial charge in [0.05, 0.1) is 12.7 Å². The molecule has 88 valence electrons. The molecule has 3 nitrogen and oxygen atoms in total. The minimum Gasteiger partial charge on any atom is -0.396 e. The molecule has 0 spiro atoms. The average molecular weight is 232 g/mol. The summed E-state index contributed by atoms with van der Waals surface area (Å²) in [5, 5.41) is 8.87. The molecule has 2 fully saturated rings. The van der Waals surface area contributed by atoms with Gasteiger partial charge in [0.25, 0.3) is 0 Å². The molecule has 2 saturated heterocycles. The molecule has 0 bridgehead atoms. The minimum atomic E-state index is -0.396. The van der Waals surface area contributed by atoms with Crippen molar-refractivity contribution < 1.29 is 14.6 Å². The second-order valence-electron chi connectivity index (χ2n) is 4.49. The molecule has 0 aromatic heterocycles. The third kappa shape index (κ3) is 2.67. The van der Waals surface area contributed by atoms with E-state index in [1.54, 1.807) is 0 Å². The van der Waals surface area contributed by atoms with Crippen LogP contribution in [0.5, 0.6) is 0 Å². The fourth-order valence-electron chi connectivity index (χ4n) is 2.31. The van der Waals surface area contributed by atoms with E-state index >= 15 is 0 Å². The van der Waals surface area contributed by atoms with Gasteiger partial charge in [0.1, 0.15) is 0 Å². The highest BCUT2D eigenvalue weighted by molar-refractivity contribution is 7.99. The molecule has 2 heterocycles. The van der Waals surface area contributed by atoms with Crippen LogP contribution in [0.15, 0.2) is 0 Å². The van der Waals surface area contributed by atoms with Crippen molar-refractivity contribution in [3.63, 3.8) is 0 Å². The van der Waals surface area contributed by atoms with E-state index in [-0.39, 0.29) is 12.7 Å². The smallest absolute Gasteiger partial charge is 0.169 e. The second-order valence-corrected chi connectivity index (χ2v) is 5.64. The van der Waals surface area contributed by atoms with Crippen molar-refractivity contribution in [3.05, 3.63) is 0 Å². The van der Waals surface area contributed by atoms with Crippen molar-refractivity contribution in [1.82, 2.24) is 0 Å². The third-order valence-corrected chi connectivity index (χ3v) is 4.52. The Labute approximate surface area is 95.5 Å². The molecule has 4 heteroatoms. The summed E-state index contributed by atoms with van der Waals surface area (Å²) in [7, 11) is 0. The molecule has 15 heavy (non-hydrogen) atoms. The molecule has 2 rings (SSSR count). The lowest BCUT2D eigenvalue weighted by Gasteiger charge is -2.35. The zero-order valence-electron chi connectivity index (χ0n) is 9.28. The van der Waals surface area contributed by atoms with Gasteiger partial charge in [-0.2, -0.15) is 11.8 Å². The average Bonchev–Trinajstić information content (AvgIpc) is 2.64. The summed E-state index contributed by atoms with van der Waals surface area (Å²) in [5.74, 6) is 2.53. The number of aliphatic hydroxyl groups excluding tert-OH is 1. The maximum Gasteiger partial charge on any atom is 0.169 e. The molecule has 0 amide bonds. The Morgan fingerprint density at radius 3 is 3.07 bits per heavy atom. The van der Waals surface area contributed by atoms with Crippen LogP contribution < -0.4 is 0 Å². The molecule has 3 unspecified atom stereocenters. The Balaban J connectivity index is 1.89. The molecule has 0 aromatic rings. The topological polar surface area (TPSA) is 38.7 Å². The quantitative estimate of drug-likeness (QED) is 0.803. The molecule has 2 aliphatic heterocycles. The standard InChI is InChI=1S/C11H20O3S/c1-11(9-3-2-6-15-8-9)13-7-10(14-11)4-5-12/h9-10,12H,2-8H2,1H3. The van der Waals surface area contributed by atoms with Gasteiger partial charge in [0.15, 0.2) is 5.79 Å². The molecule has 0 radical (unpaired) electrons. The maximum atomic E-state index is 8.87. The normalized spacial score (nSPS) is 42.0. The SMILES string of the molecule is CC1(C2CCCSC2)OCC(CCO)O1. The van der Waals surface area contributed by atoms with Gasteiger partial charge in [-0.3, -0.25) is 0 Å². The van der Waals surface area contributed by atoms with Crippen molar-refractivity contribution in [1.29, 1.82) is 0 Å². The van der Waals surface area contributed by atoms with E-state index in [0.717, 1.165) is 5.75 Å². The molecule has 2 aliphatic rings. The highest BCUT2D eigenvalue weighted by Crippen LogP contribution is 2.38. The van der Waals surface area contributed by atoms with Crippen LogP contribution in [-0.2, 0) is 9.47 Å². The van der Waals surface area contributed by atoms with Crippen LogP contribution in [0, 0.1) is 5.92 Å². The van der Waals surface area contributed by atoms with Gasteiger partial charge in [-0.1, -0.05) is 0 Å². The number of rotatable bonds is 3. The van der Waals surface area contributed by atoms with Crippen molar-refractivity contribution in [2.45, 2.75) is 38.1 Å². The molecule has 1 N–H and O–H groups in total. The lowest BCUT2D eigenvalue weighted by atomic mass is 9.96. The number of hydrogen-bond acceptors (Lipinski definition) is 4. The highest BCUT2D eigenvalue weighted by atomic mass is 32.2. The fourth-order valence-corrected chi connectivity index (χ4v) is 3.60. The Kier molecular flexibility index (Phi) is 3.93. The number of ether oxygens (including phenoxy) is 2. The van der Waals surface area contributed by atoms with Crippen LogP contribution in [0.3, 0.4) is 0 Å². The molecular formula is C11H20O3S. The van der Waals surface area contributed by atoms with Crippen LogP contribution in [0.4, 0.5) is 0 Å². The fraction of sp³-hybridized carbons (Fsp3) is 1.00. The van der Waals surface area contributed by atoms with E-state index < -0.39 is 5.79 Å². The monoisotopic (exact) mass is 232 g/mol. The minimum absolute atomic E-state index is 0.0897. The highest BCUT2D eigenvalue weighted by Gasteiger charge is 2.43. The van der Waals surface area contributed by atoms with Crippen LogP contribution in [0.2, 0.25) is 0 Å². The molecule has 3 atom stereocenters. The first kappa shape index (κ1) is 11.7. The maximum absolute atomic E-state index is 8.87. The summed E-state index contributed by atoms with van der Waals surface area (Å²) in [6.45, 7) is 2.88. The predicted molar refractivity (Wildman–Crippen MR) is 61.0 cm³/mol. The summed E-state index contributed by atoms with van der Waals surface area (Å²) in [6, 6.07) is 0. The first-order valence-corrected chi connectivity index (χ1v) is 6.90. The first-order chi connectivity index (χ1) is 7.24. The van der Waals surface area contributed by atoms with E-state index in [0.29, 0.717) is 18.9 Å². The molecule has 0 aliphatic carbocycles. The van der Waals surface area contributed by atoms with Crippen molar-refractivity contribution in [2.75, 3.05) is 24.7 Å². The van der Waals surface area contributed by atoms with Crippen LogP contribution in [0.25, 0.3) is 0 Å². The summed E-state index contributed by atoms with van der Waals surface area (Å²) >= 11 is 1.99. The van der Waals surface area contributed by atoms with Crippen LogP contribution >= 0.6 is 11.8 Å². The molecule has 0 saturated carbocycles. The number of hydrogen-bond donors (Lipinski definition) is 1. The largest absolute Gasteiger partial charge is 0.396 e. The summed E-state index contributed by atoms with van der Waals surface area (Å²) < 4.78 is 11.7. The summed E-state index contributed by atoms with van der Waals surface area (Å²) in [6.07, 6.45) is 3.25. The third-order valence-electron chi connectivity index (χ3n) is 3.31. The van der Waals surface area contributed by atoms with Gasteiger partial charge < -0.3 is 14.6 Å². The second kappa shape index (κ2) is 5.04. The van der Waals surface area contributed by atoms with E-state index in [9.17, 15) is 0 Å². The molecule has 0 aromatic carbocycles. The van der Waals surface area contributed by atoms with E-state index in [1.807, 2.05) is 11.8 Å². The lowest BCUT2D eigenvalue weighted by molar-refractivity contribution is -0.188. The predicted octanol–water partition coefficient (Wildman–Crippen LogP) is 1.64. The lowest BCUT2D eigenvalue weighted by Crippen LogP contribution is -2.39. The van der Waals surface area contributed by atoms with E-state index in [4.69, 9.17) is 14.6 Å². The van der Waals surface area contributed by atoms with Crippen molar-refractivity contribution in [3.8, 4) is 0 Å². The van der Waals surface area contributed by atoms with Gasteiger partial charge in [-0.15, -0.1) is 0 Å². The summed E-state index contributed by atoms with van der Waals surface area (Å²) in [4.78, 5) is 0. The Hall–Kier alpha value is 0.230. The number of aliphatic hydroxyl groups is 1. The van der Waals surface area contributed by atoms with Gasteiger partial charge in [0, 0.05) is 18.3 Å². The Bertz CT molecular complexity index is 206. The zero-order valence-corrected chi connectivity index (χ0v) is 10.1. The van der Waals surface area contributed by atoms with Gasteiger partial charge in [-0.05, 0) is 31.9 Å². The van der Waals surface area contributed by atoms with E-state index in [2.05, 4.69) is 6.92 Å². The van der Waals surface area contributed by atoms with Gasteiger partial charge in [-0.25, -0.2) is 0 Å². The summed E-state index contributed by atoms with van der Waals surface area (Å²) in [5.41, 5.74) is 0. The van der Waals surface area contributed by atoms with Crippen LogP contribution in [-0.4, -0.2) is 41.7 Å². The Morgan fingerprint density at radius 2 is 2.40 bits per heavy atom. The first-order valence-electron chi connectivity index (χ1n) is 5.75. The van der Waals surface area contributed by atoms with Gasteiger partial charge >= 0.3 is 0 Å².